The summed E-state index contributed by atoms with van der Waals surface area (Å²) < 4.78 is 0. The molecule has 0 unspecified atom stereocenters. The first-order chi connectivity index (χ1) is 9.61. The summed E-state index contributed by atoms with van der Waals surface area (Å²) >= 11 is 0. The highest BCUT2D eigenvalue weighted by molar-refractivity contribution is 5.91. The van der Waals surface area contributed by atoms with Crippen LogP contribution in [-0.2, 0) is 11.2 Å². The Bertz CT molecular complexity index is 454. The van der Waals surface area contributed by atoms with Gasteiger partial charge in [0.1, 0.15) is 0 Å². The SMILES string of the molecule is NC1(CC(=O)Nc2cccc(CCCO)c2)CCCC1. The molecule has 4 heteroatoms. The van der Waals surface area contributed by atoms with E-state index in [2.05, 4.69) is 5.32 Å². The molecular formula is C16H24N2O2. The summed E-state index contributed by atoms with van der Waals surface area (Å²) in [6.45, 7) is 0.187. The summed E-state index contributed by atoms with van der Waals surface area (Å²) in [6, 6.07) is 7.78. The number of hydrogen-bond donors (Lipinski definition) is 3. The Kier molecular flexibility index (Phi) is 5.15. The van der Waals surface area contributed by atoms with Crippen molar-refractivity contribution in [2.75, 3.05) is 11.9 Å². The minimum absolute atomic E-state index is 0.00583. The molecule has 4 N–H and O–H groups in total. The lowest BCUT2D eigenvalue weighted by molar-refractivity contribution is -0.117. The minimum Gasteiger partial charge on any atom is -0.396 e. The third-order valence-corrected chi connectivity index (χ3v) is 3.95. The molecule has 0 radical (unpaired) electrons. The fourth-order valence-corrected chi connectivity index (χ4v) is 2.87. The molecule has 1 fully saturated rings. The Balaban J connectivity index is 1.90. The van der Waals surface area contributed by atoms with Gasteiger partial charge in [-0.1, -0.05) is 25.0 Å². The molecule has 2 rings (SSSR count). The lowest BCUT2D eigenvalue weighted by Crippen LogP contribution is -2.40. The number of anilines is 1. The van der Waals surface area contributed by atoms with Gasteiger partial charge < -0.3 is 16.2 Å². The van der Waals surface area contributed by atoms with Gasteiger partial charge in [-0.15, -0.1) is 0 Å². The first-order valence-electron chi connectivity index (χ1n) is 7.40. The fourth-order valence-electron chi connectivity index (χ4n) is 2.87. The molecule has 1 aromatic carbocycles. The molecule has 1 amide bonds. The van der Waals surface area contributed by atoms with Crippen LogP contribution >= 0.6 is 0 Å². The Labute approximate surface area is 120 Å². The maximum atomic E-state index is 12.1. The number of aliphatic hydroxyl groups excluding tert-OH is 1. The Hall–Kier alpha value is -1.39. The van der Waals surface area contributed by atoms with Crippen molar-refractivity contribution in [2.24, 2.45) is 5.73 Å². The number of rotatable bonds is 6. The van der Waals surface area contributed by atoms with Gasteiger partial charge in [-0.05, 0) is 43.4 Å². The number of hydrogen-bond acceptors (Lipinski definition) is 3. The zero-order chi connectivity index (χ0) is 14.4. The fraction of sp³-hybridized carbons (Fsp3) is 0.562. The largest absolute Gasteiger partial charge is 0.396 e. The van der Waals surface area contributed by atoms with Crippen molar-refractivity contribution in [1.82, 2.24) is 0 Å². The second kappa shape index (κ2) is 6.86. The molecule has 110 valence electrons. The highest BCUT2D eigenvalue weighted by Crippen LogP contribution is 2.30. The molecule has 0 saturated heterocycles. The Morgan fingerprint density at radius 2 is 2.10 bits per heavy atom. The smallest absolute Gasteiger partial charge is 0.226 e. The minimum atomic E-state index is -0.307. The molecule has 0 heterocycles. The number of nitrogens with two attached hydrogens (primary N) is 1. The zero-order valence-electron chi connectivity index (χ0n) is 11.9. The van der Waals surface area contributed by atoms with Crippen molar-refractivity contribution >= 4 is 11.6 Å². The van der Waals surface area contributed by atoms with Crippen LogP contribution in [0.1, 0.15) is 44.1 Å². The standard InChI is InChI=1S/C16H24N2O2/c17-16(8-1-2-9-16)12-15(20)18-14-7-3-5-13(11-14)6-4-10-19/h3,5,7,11,19H,1-2,4,6,8-10,12,17H2,(H,18,20). The van der Waals surface area contributed by atoms with Crippen molar-refractivity contribution < 1.29 is 9.90 Å². The molecule has 1 aromatic rings. The van der Waals surface area contributed by atoms with Crippen LogP contribution in [0, 0.1) is 0 Å². The van der Waals surface area contributed by atoms with E-state index in [4.69, 9.17) is 10.8 Å². The first kappa shape index (κ1) is 15.0. The van der Waals surface area contributed by atoms with E-state index in [9.17, 15) is 4.79 Å². The van der Waals surface area contributed by atoms with E-state index < -0.39 is 0 Å². The van der Waals surface area contributed by atoms with E-state index in [0.717, 1.165) is 49.8 Å². The van der Waals surface area contributed by atoms with Gasteiger partial charge in [0.15, 0.2) is 0 Å². The van der Waals surface area contributed by atoms with E-state index in [1.54, 1.807) is 0 Å². The maximum absolute atomic E-state index is 12.1. The molecule has 0 aromatic heterocycles. The van der Waals surface area contributed by atoms with Crippen LogP contribution < -0.4 is 11.1 Å². The van der Waals surface area contributed by atoms with Crippen LogP contribution in [0.15, 0.2) is 24.3 Å². The second-order valence-corrected chi connectivity index (χ2v) is 5.82. The lowest BCUT2D eigenvalue weighted by Gasteiger charge is -2.22. The van der Waals surface area contributed by atoms with Gasteiger partial charge in [-0.3, -0.25) is 4.79 Å². The van der Waals surface area contributed by atoms with Crippen LogP contribution in [0.4, 0.5) is 5.69 Å². The van der Waals surface area contributed by atoms with Gasteiger partial charge in [0, 0.05) is 24.3 Å². The van der Waals surface area contributed by atoms with Crippen molar-refractivity contribution in [2.45, 2.75) is 50.5 Å². The Morgan fingerprint density at radius 1 is 1.35 bits per heavy atom. The van der Waals surface area contributed by atoms with Gasteiger partial charge >= 0.3 is 0 Å². The van der Waals surface area contributed by atoms with Crippen LogP contribution in [0.3, 0.4) is 0 Å². The van der Waals surface area contributed by atoms with E-state index in [-0.39, 0.29) is 18.1 Å². The predicted octanol–water partition coefficient (Wildman–Crippen LogP) is 2.21. The average Bonchev–Trinajstić information content (AvgIpc) is 2.83. The summed E-state index contributed by atoms with van der Waals surface area (Å²) in [6.07, 6.45) is 6.09. The summed E-state index contributed by atoms with van der Waals surface area (Å²) in [5.41, 5.74) is 7.85. The first-order valence-corrected chi connectivity index (χ1v) is 7.40. The number of amides is 1. The topological polar surface area (TPSA) is 75.4 Å². The molecular weight excluding hydrogens is 252 g/mol. The van der Waals surface area contributed by atoms with E-state index >= 15 is 0 Å². The molecule has 4 nitrogen and oxygen atoms in total. The highest BCUT2D eigenvalue weighted by atomic mass is 16.2. The number of benzene rings is 1. The molecule has 1 aliphatic rings. The molecule has 0 atom stereocenters. The normalized spacial score (nSPS) is 17.1. The second-order valence-electron chi connectivity index (χ2n) is 5.82. The van der Waals surface area contributed by atoms with Crippen LogP contribution in [0.2, 0.25) is 0 Å². The molecule has 0 bridgehead atoms. The van der Waals surface area contributed by atoms with Gasteiger partial charge in [-0.25, -0.2) is 0 Å². The molecule has 1 aliphatic carbocycles. The van der Waals surface area contributed by atoms with Crippen molar-refractivity contribution in [1.29, 1.82) is 0 Å². The quantitative estimate of drug-likeness (QED) is 0.745. The van der Waals surface area contributed by atoms with E-state index in [1.165, 1.54) is 0 Å². The van der Waals surface area contributed by atoms with E-state index in [0.29, 0.717) is 6.42 Å². The molecule has 0 spiro atoms. The van der Waals surface area contributed by atoms with Crippen molar-refractivity contribution in [3.63, 3.8) is 0 Å². The number of carbonyl (C=O) groups is 1. The maximum Gasteiger partial charge on any atom is 0.226 e. The number of aliphatic hydroxyl groups is 1. The summed E-state index contributed by atoms with van der Waals surface area (Å²) in [5.74, 6) is -0.00583. The Morgan fingerprint density at radius 3 is 2.80 bits per heavy atom. The predicted molar refractivity (Wildman–Crippen MR) is 80.5 cm³/mol. The monoisotopic (exact) mass is 276 g/mol. The summed E-state index contributed by atoms with van der Waals surface area (Å²) in [5, 5.41) is 11.8. The third-order valence-electron chi connectivity index (χ3n) is 3.95. The van der Waals surface area contributed by atoms with E-state index in [1.807, 2.05) is 24.3 Å². The number of aryl methyl sites for hydroxylation is 1. The molecule has 1 saturated carbocycles. The van der Waals surface area contributed by atoms with Gasteiger partial charge in [0.2, 0.25) is 5.91 Å². The number of nitrogens with one attached hydrogen (secondary N) is 1. The molecule has 20 heavy (non-hydrogen) atoms. The van der Waals surface area contributed by atoms with Crippen LogP contribution in [-0.4, -0.2) is 23.2 Å². The lowest BCUT2D eigenvalue weighted by atomic mass is 9.94. The van der Waals surface area contributed by atoms with Gasteiger partial charge in [0.05, 0.1) is 0 Å². The van der Waals surface area contributed by atoms with Crippen molar-refractivity contribution in [3.8, 4) is 0 Å². The van der Waals surface area contributed by atoms with Gasteiger partial charge in [0.25, 0.3) is 0 Å². The highest BCUT2D eigenvalue weighted by Gasteiger charge is 2.31. The number of carbonyl (C=O) groups excluding carboxylic acids is 1. The van der Waals surface area contributed by atoms with Crippen LogP contribution in [0.25, 0.3) is 0 Å². The average molecular weight is 276 g/mol. The van der Waals surface area contributed by atoms with Gasteiger partial charge in [-0.2, -0.15) is 0 Å². The molecule has 0 aliphatic heterocycles. The van der Waals surface area contributed by atoms with Crippen molar-refractivity contribution in [3.05, 3.63) is 29.8 Å². The summed E-state index contributed by atoms with van der Waals surface area (Å²) in [4.78, 5) is 12.1. The van der Waals surface area contributed by atoms with Crippen LogP contribution in [0.5, 0.6) is 0 Å². The third kappa shape index (κ3) is 4.32. The summed E-state index contributed by atoms with van der Waals surface area (Å²) in [7, 11) is 0. The zero-order valence-corrected chi connectivity index (χ0v) is 11.9.